The number of hydrogen-bond acceptors (Lipinski definition) is 4. The number of carbonyl (C=O) groups excluding carboxylic acids is 1. The van der Waals surface area contributed by atoms with Crippen LogP contribution >= 0.6 is 11.8 Å². The smallest absolute Gasteiger partial charge is 0.262 e. The van der Waals surface area contributed by atoms with Gasteiger partial charge in [-0.05, 0) is 31.9 Å². The van der Waals surface area contributed by atoms with Crippen LogP contribution in [0.1, 0.15) is 27.7 Å². The van der Waals surface area contributed by atoms with Gasteiger partial charge < -0.3 is 9.80 Å². The predicted molar refractivity (Wildman–Crippen MR) is 114 cm³/mol. The second-order valence-corrected chi connectivity index (χ2v) is 9.22. The van der Waals surface area contributed by atoms with Crippen LogP contribution in [0.3, 0.4) is 0 Å². The largest absolute Gasteiger partial charge is 0.332 e. The van der Waals surface area contributed by atoms with E-state index in [1.54, 1.807) is 9.47 Å². The van der Waals surface area contributed by atoms with E-state index < -0.39 is 0 Å². The first-order valence-electron chi connectivity index (χ1n) is 10.2. The Morgan fingerprint density at radius 3 is 2.54 bits per heavy atom. The van der Waals surface area contributed by atoms with E-state index in [1.165, 1.54) is 11.8 Å². The van der Waals surface area contributed by atoms with E-state index in [0.29, 0.717) is 28.5 Å². The maximum atomic E-state index is 13.0. The highest BCUT2D eigenvalue weighted by Crippen LogP contribution is 2.24. The summed E-state index contributed by atoms with van der Waals surface area (Å²) in [5.41, 5.74) is 0.663. The minimum absolute atomic E-state index is 0.0263. The van der Waals surface area contributed by atoms with Gasteiger partial charge in [-0.25, -0.2) is 4.98 Å². The Morgan fingerprint density at radius 2 is 1.89 bits per heavy atom. The lowest BCUT2D eigenvalue weighted by Crippen LogP contribution is -3.14. The van der Waals surface area contributed by atoms with Gasteiger partial charge in [0.15, 0.2) is 5.16 Å². The van der Waals surface area contributed by atoms with Crippen molar-refractivity contribution in [3.8, 4) is 0 Å². The van der Waals surface area contributed by atoms with Crippen molar-refractivity contribution in [3.63, 3.8) is 0 Å². The molecule has 1 aliphatic heterocycles. The summed E-state index contributed by atoms with van der Waals surface area (Å²) in [6, 6.07) is 7.43. The molecule has 28 heavy (non-hydrogen) atoms. The minimum Gasteiger partial charge on any atom is -0.332 e. The number of nitrogens with one attached hydrogen (secondary N) is 1. The maximum absolute atomic E-state index is 13.0. The summed E-state index contributed by atoms with van der Waals surface area (Å²) >= 11 is 1.40. The van der Waals surface area contributed by atoms with Crippen LogP contribution in [-0.2, 0) is 11.3 Å². The third kappa shape index (κ3) is 4.58. The van der Waals surface area contributed by atoms with Gasteiger partial charge >= 0.3 is 0 Å². The second-order valence-electron chi connectivity index (χ2n) is 7.91. The fourth-order valence-electron chi connectivity index (χ4n) is 3.63. The van der Waals surface area contributed by atoms with E-state index in [9.17, 15) is 9.59 Å². The standard InChI is InChI=1S/C21H30N4O2S/c1-5-23-10-12-24(13-11-23)19(26)16(4)28-21-22-18-9-7-6-8-17(18)20(27)25(21)14-15(2)3/h6-9,15-16H,5,10-14H2,1-4H3/p+1/t16-/m1/s1. The molecule has 3 rings (SSSR count). The molecule has 1 aromatic carbocycles. The zero-order valence-corrected chi connectivity index (χ0v) is 18.1. The van der Waals surface area contributed by atoms with E-state index in [1.807, 2.05) is 36.1 Å². The number of fused-ring (bicyclic) bond motifs is 1. The van der Waals surface area contributed by atoms with Gasteiger partial charge in [-0.3, -0.25) is 14.2 Å². The molecule has 0 unspecified atom stereocenters. The summed E-state index contributed by atoms with van der Waals surface area (Å²) in [6.45, 7) is 13.6. The molecule has 1 fully saturated rings. The molecule has 0 radical (unpaired) electrons. The number of rotatable bonds is 6. The highest BCUT2D eigenvalue weighted by Gasteiger charge is 2.28. The highest BCUT2D eigenvalue weighted by molar-refractivity contribution is 8.00. The molecule has 0 saturated carbocycles. The van der Waals surface area contributed by atoms with Crippen molar-refractivity contribution in [3.05, 3.63) is 34.6 Å². The zero-order valence-electron chi connectivity index (χ0n) is 17.3. The van der Waals surface area contributed by atoms with E-state index in [0.717, 1.165) is 32.7 Å². The van der Waals surface area contributed by atoms with Gasteiger partial charge in [0.25, 0.3) is 5.56 Å². The van der Waals surface area contributed by atoms with Crippen molar-refractivity contribution >= 4 is 28.6 Å². The van der Waals surface area contributed by atoms with Crippen LogP contribution in [-0.4, -0.2) is 58.3 Å². The van der Waals surface area contributed by atoms with Gasteiger partial charge in [0, 0.05) is 6.54 Å². The number of aromatic nitrogens is 2. The molecule has 1 aromatic heterocycles. The first kappa shape index (κ1) is 20.9. The number of quaternary nitrogens is 1. The molecule has 1 amide bonds. The highest BCUT2D eigenvalue weighted by atomic mass is 32.2. The van der Waals surface area contributed by atoms with E-state index in [4.69, 9.17) is 4.98 Å². The molecule has 7 heteroatoms. The van der Waals surface area contributed by atoms with E-state index in [-0.39, 0.29) is 16.7 Å². The average Bonchev–Trinajstić information content (AvgIpc) is 2.70. The number of nitrogens with zero attached hydrogens (tertiary/aromatic N) is 3. The van der Waals surface area contributed by atoms with Crippen molar-refractivity contribution in [2.75, 3.05) is 32.7 Å². The lowest BCUT2D eigenvalue weighted by Gasteiger charge is -2.33. The van der Waals surface area contributed by atoms with Crippen LogP contribution in [0.15, 0.2) is 34.2 Å². The normalized spacial score (nSPS) is 16.7. The summed E-state index contributed by atoms with van der Waals surface area (Å²) < 4.78 is 1.74. The number of piperazine rings is 1. The average molecular weight is 404 g/mol. The van der Waals surface area contributed by atoms with Gasteiger partial charge in [0.05, 0.1) is 48.9 Å². The molecule has 2 aromatic rings. The molecule has 1 saturated heterocycles. The number of hydrogen-bond donors (Lipinski definition) is 1. The zero-order chi connectivity index (χ0) is 20.3. The van der Waals surface area contributed by atoms with Crippen LogP contribution < -0.4 is 10.5 Å². The lowest BCUT2D eigenvalue weighted by molar-refractivity contribution is -0.902. The molecule has 1 aliphatic rings. The van der Waals surface area contributed by atoms with Crippen molar-refractivity contribution < 1.29 is 9.69 Å². The summed E-state index contributed by atoms with van der Waals surface area (Å²) in [6.07, 6.45) is 0. The lowest BCUT2D eigenvalue weighted by atomic mass is 10.2. The van der Waals surface area contributed by atoms with E-state index in [2.05, 4.69) is 20.8 Å². The van der Waals surface area contributed by atoms with Crippen molar-refractivity contribution in [1.29, 1.82) is 0 Å². The summed E-state index contributed by atoms with van der Waals surface area (Å²) in [5, 5.41) is 0.996. The number of carbonyl (C=O) groups is 1. The van der Waals surface area contributed by atoms with Gasteiger partial charge in [-0.2, -0.15) is 0 Å². The van der Waals surface area contributed by atoms with Crippen LogP contribution in [0.2, 0.25) is 0 Å². The fourth-order valence-corrected chi connectivity index (χ4v) is 4.63. The number of likely N-dealkylation sites (N-methyl/N-ethyl adjacent to an activating group) is 1. The Balaban J connectivity index is 1.84. The fraction of sp³-hybridized carbons (Fsp3) is 0.571. The third-order valence-corrected chi connectivity index (χ3v) is 6.36. The SMILES string of the molecule is CC[NH+]1CCN(C(=O)[C@@H](C)Sc2nc3ccccc3c(=O)n2CC(C)C)CC1. The molecule has 0 bridgehead atoms. The van der Waals surface area contributed by atoms with Crippen LogP contribution in [0.4, 0.5) is 0 Å². The number of thioether (sulfide) groups is 1. The first-order valence-corrected chi connectivity index (χ1v) is 11.1. The monoisotopic (exact) mass is 403 g/mol. The molecule has 0 aliphatic carbocycles. The molecule has 1 N–H and O–H groups in total. The molecule has 0 spiro atoms. The Hall–Kier alpha value is -1.86. The van der Waals surface area contributed by atoms with E-state index >= 15 is 0 Å². The molecule has 1 atom stereocenters. The van der Waals surface area contributed by atoms with Crippen LogP contribution in [0.25, 0.3) is 10.9 Å². The topological polar surface area (TPSA) is 59.6 Å². The van der Waals surface area contributed by atoms with Crippen molar-refractivity contribution in [2.45, 2.75) is 44.6 Å². The summed E-state index contributed by atoms with van der Waals surface area (Å²) in [7, 11) is 0. The van der Waals surface area contributed by atoms with Crippen LogP contribution in [0, 0.1) is 5.92 Å². The quantitative estimate of drug-likeness (QED) is 0.583. The molecular formula is C21H31N4O2S+. The van der Waals surface area contributed by atoms with Crippen molar-refractivity contribution in [2.24, 2.45) is 5.92 Å². The Labute approximate surface area is 170 Å². The molecule has 2 heterocycles. The Bertz CT molecular complexity index is 888. The van der Waals surface area contributed by atoms with Crippen molar-refractivity contribution in [1.82, 2.24) is 14.5 Å². The van der Waals surface area contributed by atoms with Crippen LogP contribution in [0.5, 0.6) is 0 Å². The second kappa shape index (κ2) is 9.09. The number of benzene rings is 1. The first-order chi connectivity index (χ1) is 13.4. The molecular weight excluding hydrogens is 372 g/mol. The number of para-hydroxylation sites is 1. The third-order valence-electron chi connectivity index (χ3n) is 5.29. The summed E-state index contributed by atoms with van der Waals surface area (Å²) in [5.74, 6) is 0.453. The van der Waals surface area contributed by atoms with Gasteiger partial charge in [-0.15, -0.1) is 0 Å². The Kier molecular flexibility index (Phi) is 6.78. The summed E-state index contributed by atoms with van der Waals surface area (Å²) in [4.78, 5) is 34.2. The predicted octanol–water partition coefficient (Wildman–Crippen LogP) is 1.28. The number of amides is 1. The molecule has 152 valence electrons. The molecule has 6 nitrogen and oxygen atoms in total. The maximum Gasteiger partial charge on any atom is 0.262 e. The van der Waals surface area contributed by atoms with Gasteiger partial charge in [-0.1, -0.05) is 37.7 Å². The Morgan fingerprint density at radius 1 is 1.21 bits per heavy atom. The van der Waals surface area contributed by atoms with Gasteiger partial charge in [0.2, 0.25) is 5.91 Å². The minimum atomic E-state index is -0.269. The van der Waals surface area contributed by atoms with Gasteiger partial charge in [0.1, 0.15) is 0 Å².